The van der Waals surface area contributed by atoms with Crippen molar-refractivity contribution < 1.29 is 88.4 Å². The zero-order valence-corrected chi connectivity index (χ0v) is 65.6. The summed E-state index contributed by atoms with van der Waals surface area (Å²) in [6.45, 7) is 7.23. The number of carbonyl (C=O) groups is 5. The predicted molar refractivity (Wildman–Crippen MR) is 463 cm³/mol. The monoisotopic (exact) mass is 1680 g/mol. The molecule has 0 unspecified atom stereocenters. The molecule has 5 saturated heterocycles. The number of piperidine rings is 5. The highest BCUT2D eigenvalue weighted by molar-refractivity contribution is 5.92. The number of aromatic amines is 5. The summed E-state index contributed by atoms with van der Waals surface area (Å²) in [4.78, 5) is 137. The zero-order valence-electron chi connectivity index (χ0n) is 113. The van der Waals surface area contributed by atoms with Gasteiger partial charge in [0.05, 0.1) is 68.0 Å². The van der Waals surface area contributed by atoms with Crippen molar-refractivity contribution in [3.8, 4) is 0 Å². The maximum absolute atomic E-state index is 12.7. The van der Waals surface area contributed by atoms with E-state index in [1.165, 1.54) is 27.7 Å². The molecule has 10 atom stereocenters. The Morgan fingerprint density at radius 1 is 0.375 bits per heavy atom. The molecular formula is C85H110N30O5. The molecule has 120 heavy (non-hydrogen) atoms. The second-order valence-electron chi connectivity index (χ2n) is 27.7. The van der Waals surface area contributed by atoms with Crippen molar-refractivity contribution >= 4 is 114 Å². The normalized spacial score (nSPS) is 31.6. The first-order valence-electron chi connectivity index (χ1n) is 60.0. The minimum atomic E-state index is -3.23. The SMILES string of the molecule is [2H]c1nc(N(C([2H])([2H])[2H])[C@@]2([2H])CN(C(=O)C([2H])([2H])[N+]#[C-])CC[C@@]2([2H])C)c2c([2H])c(C)[nH]c2n1.[2H]c1nc(N(C([2H])([2H])[2H])[C@@]2([2H])CN(C(=O)C([2H])([2H])[N+]#[C-])CC[C@H]2C([2H])([2H])[2H])c2c([2H])c(C)[nH]c2n1.[2H]c1nc(N(C([2H])([2H])[2H])[C@@]2([2H])CN(C(=O)C([2H])([2H])[N+]#[C-])CC[C@H]2C)c2c([2H])c(C)[nH]c2n1.[2H]c1nc(N([C@H]2CN(C(=O)C([2H])([2H])[N+]#[C-])CC[C@@]2([2H])C([2H])([2H])[2H])C([2H])([2H])[2H])c2c([2H])c(C)[nH]c2n1.[2H]c1nc(N([C@H]2CN(C(=O)C([2H])([2H])[N+]#[C-])CC[C@@]2([2H])C)C([2H])([2H])[2H])c2c([2H])c(C)[nH]c2n1. The lowest BCUT2D eigenvalue weighted by Gasteiger charge is -2.41. The Kier molecular flexibility index (Phi) is 14.7. The fraction of sp³-hybridized carbons (Fsp3) is 0.529. The van der Waals surface area contributed by atoms with Crippen LogP contribution in [0.3, 0.4) is 0 Å². The summed E-state index contributed by atoms with van der Waals surface area (Å²) in [5, 5.41) is -0.200. The van der Waals surface area contributed by atoms with E-state index in [-0.39, 0.29) is 160 Å². The lowest BCUT2D eigenvalue weighted by molar-refractivity contribution is -0.131. The number of likely N-dealkylation sites (tertiary alicyclic amines) is 5. The molecule has 0 aliphatic carbocycles. The van der Waals surface area contributed by atoms with Crippen molar-refractivity contribution in [2.75, 3.05) is 157 Å². The Morgan fingerprint density at radius 3 is 0.942 bits per heavy atom. The van der Waals surface area contributed by atoms with Crippen LogP contribution < -0.4 is 24.5 Å². The number of aryl methyl sites for hydroxylation is 5. The van der Waals surface area contributed by atoms with E-state index in [0.717, 1.165) is 29.4 Å². The number of hydrogen-bond donors (Lipinski definition) is 5. The van der Waals surface area contributed by atoms with Gasteiger partial charge in [-0.25, -0.2) is 82.7 Å². The topological polar surface area (TPSA) is 347 Å². The van der Waals surface area contributed by atoms with Crippen molar-refractivity contribution in [1.82, 2.24) is 99.3 Å². The minimum Gasteiger partial charge on any atom is -0.354 e. The first-order chi connectivity index (χ1) is 75.9. The summed E-state index contributed by atoms with van der Waals surface area (Å²) in [5.41, 5.74) is 1.77. The van der Waals surface area contributed by atoms with Crippen LogP contribution in [0.4, 0.5) is 29.1 Å². The third-order valence-corrected chi connectivity index (χ3v) is 19.7. The third kappa shape index (κ3) is 20.2. The van der Waals surface area contributed by atoms with Crippen LogP contribution in [0.2, 0.25) is 0 Å². The van der Waals surface area contributed by atoms with Crippen molar-refractivity contribution in [3.63, 3.8) is 0 Å². The van der Waals surface area contributed by atoms with Crippen molar-refractivity contribution in [3.05, 3.63) is 147 Å². The number of aromatic nitrogens is 15. The van der Waals surface area contributed by atoms with Crippen LogP contribution >= 0.6 is 0 Å². The second kappa shape index (κ2) is 39.4. The molecule has 0 radical (unpaired) electrons. The smallest absolute Gasteiger partial charge is 0.302 e. The van der Waals surface area contributed by atoms with E-state index >= 15 is 0 Å². The number of likely N-dealkylation sites (N-methyl/N-ethyl adjacent to an activating group) is 5. The van der Waals surface area contributed by atoms with E-state index in [9.17, 15) is 26.7 Å². The molecule has 630 valence electrons. The number of nitrogens with one attached hydrogen (secondary N) is 5. The Labute approximate surface area is 766 Å². The summed E-state index contributed by atoms with van der Waals surface area (Å²) in [6, 6.07) is -10.7. The van der Waals surface area contributed by atoms with Gasteiger partial charge in [-0.05, 0) is 126 Å². The fourth-order valence-electron chi connectivity index (χ4n) is 13.4. The third-order valence-electron chi connectivity index (χ3n) is 19.7. The van der Waals surface area contributed by atoms with Gasteiger partial charge in [0.25, 0.3) is 32.5 Å². The molecule has 5 N–H and O–H groups in total. The summed E-state index contributed by atoms with van der Waals surface area (Å²) in [5.74, 6) is -16.0. The van der Waals surface area contributed by atoms with E-state index in [1.807, 2.05) is 0 Å². The molecule has 0 bridgehead atoms. The van der Waals surface area contributed by atoms with Crippen molar-refractivity contribution in [2.45, 2.75) is 131 Å². The van der Waals surface area contributed by atoms with Crippen LogP contribution in [-0.4, -0.2) is 292 Å². The molecule has 35 nitrogen and oxygen atoms in total. The van der Waals surface area contributed by atoms with Gasteiger partial charge in [0.2, 0.25) is 0 Å². The molecule has 5 aliphatic heterocycles. The lowest BCUT2D eigenvalue weighted by Crippen LogP contribution is -2.53. The van der Waals surface area contributed by atoms with E-state index < -0.39 is 265 Å². The molecule has 5 amide bonds. The Balaban J connectivity index is 0.000000196. The highest BCUT2D eigenvalue weighted by Crippen LogP contribution is 2.36. The average Bonchev–Trinajstić information content (AvgIpc) is 1.71. The van der Waals surface area contributed by atoms with Crippen LogP contribution in [0.5, 0.6) is 0 Å². The number of fused-ring (bicyclic) bond motifs is 5. The number of anilines is 5. The number of rotatable bonds is 15. The molecule has 0 spiro atoms. The largest absolute Gasteiger partial charge is 0.354 e. The summed E-state index contributed by atoms with van der Waals surface area (Å²) >= 11 is 0. The molecule has 5 fully saturated rings. The predicted octanol–water partition coefficient (Wildman–Crippen LogP) is 9.29. The minimum absolute atomic E-state index is 0.0186. The first kappa shape index (κ1) is 44.6. The zero-order chi connectivity index (χ0) is 127. The van der Waals surface area contributed by atoms with Gasteiger partial charge in [-0.3, -0.25) is 24.0 Å². The number of nitrogens with zero attached hydrogens (tertiary/aromatic N) is 25. The van der Waals surface area contributed by atoms with Gasteiger partial charge in [-0.15, -0.1) is 0 Å². The number of hydrogen-bond acceptors (Lipinski definition) is 20. The van der Waals surface area contributed by atoms with Gasteiger partial charge >= 0.3 is 29.5 Å². The fourth-order valence-corrected chi connectivity index (χ4v) is 13.4. The van der Waals surface area contributed by atoms with Crippen LogP contribution in [-0.2, 0) is 24.0 Å². The van der Waals surface area contributed by atoms with Crippen LogP contribution in [0, 0.1) is 97.0 Å². The summed E-state index contributed by atoms with van der Waals surface area (Å²) in [7, 11) is 0. The Morgan fingerprint density at radius 2 is 0.633 bits per heavy atom. The maximum Gasteiger partial charge on any atom is 0.302 e. The molecule has 10 aromatic rings. The van der Waals surface area contributed by atoms with Gasteiger partial charge in [0, 0.05) is 162 Å². The molecule has 15 heterocycles. The lowest BCUT2D eigenvalue weighted by atomic mass is 9.92. The molecule has 35 heteroatoms. The van der Waals surface area contributed by atoms with E-state index in [4.69, 9.17) is 94.5 Å². The van der Waals surface area contributed by atoms with Crippen LogP contribution in [0.15, 0.2) is 61.7 Å². The molecule has 5 aliphatic rings. The quantitative estimate of drug-likeness (QED) is 0.0597. The van der Waals surface area contributed by atoms with Crippen molar-refractivity contribution in [2.24, 2.45) is 29.5 Å². The van der Waals surface area contributed by atoms with Gasteiger partial charge in [-0.1, -0.05) is 34.5 Å². The van der Waals surface area contributed by atoms with E-state index in [0.29, 0.717) is 36.7 Å². The summed E-state index contributed by atoms with van der Waals surface area (Å²) in [6.07, 6.45) is -3.78. The Bertz CT molecular complexity index is 7860. The van der Waals surface area contributed by atoms with E-state index in [2.05, 4.69) is 99.0 Å². The van der Waals surface area contributed by atoms with Gasteiger partial charge in [0.1, 0.15) is 109 Å². The highest BCUT2D eigenvalue weighted by atomic mass is 16.2. The van der Waals surface area contributed by atoms with Gasteiger partial charge in [0.15, 0.2) is 0 Å². The summed E-state index contributed by atoms with van der Waals surface area (Å²) < 4.78 is 382. The Hall–Kier alpha value is -13.1. The number of H-pyrrole nitrogens is 5. The van der Waals surface area contributed by atoms with E-state index in [1.54, 1.807) is 27.7 Å². The molecular weight excluding hydrogens is 1520 g/mol. The average molecular weight is 1680 g/mol. The molecule has 10 aromatic heterocycles. The van der Waals surface area contributed by atoms with Gasteiger partial charge in [-0.2, -0.15) is 0 Å². The van der Waals surface area contributed by atoms with Gasteiger partial charge < -0.3 is 98.1 Å². The standard InChI is InChI=1S/5C17H22N6O/c5*1-11-5-6-23(15(24)8-18-3)9-14(11)22(4)17-13-7-12(2)21-16(13)19-10-20-17/h5*7,10-11,14H,5-6,8-9H2,1-2,4H3,(H,19,20,21)/t5*11-,14+/m11111/s1/i4D3,7D,8D2,10D,11D,14D;1D3,4D3,7D,8D2,10D,14D;1D3,4D3,7D,8D2,10D,11D;4D3,7D,8D2,10D,14D;4D3,7D,8D2,10D,11D. The van der Waals surface area contributed by atoms with Crippen molar-refractivity contribution in [1.29, 1.82) is 0 Å². The van der Waals surface area contributed by atoms with Crippen LogP contribution in [0.25, 0.3) is 79.4 Å². The number of amides is 5. The van der Waals surface area contributed by atoms with Crippen LogP contribution in [0.1, 0.15) is 159 Å². The maximum atomic E-state index is 12.7. The second-order valence-corrected chi connectivity index (χ2v) is 27.7. The molecule has 15 rings (SSSR count). The number of carbonyl (C=O) groups excluding carboxylic acids is 5. The highest BCUT2D eigenvalue weighted by Gasteiger charge is 2.39. The molecule has 0 saturated carbocycles. The first-order valence-corrected chi connectivity index (χ1v) is 36.5. The molecule has 0 aromatic carbocycles.